The van der Waals surface area contributed by atoms with E-state index in [1.807, 2.05) is 0 Å². The second kappa shape index (κ2) is 8.43. The average Bonchev–Trinajstić information content (AvgIpc) is 3.14. The number of halogens is 3. The summed E-state index contributed by atoms with van der Waals surface area (Å²) >= 11 is 0. The number of aromatic nitrogens is 5. The number of anilines is 1. The number of nitrogens with zero attached hydrogens (tertiary/aromatic N) is 5. The van der Waals surface area contributed by atoms with Crippen LogP contribution in [0.1, 0.15) is 6.42 Å². The summed E-state index contributed by atoms with van der Waals surface area (Å²) in [7, 11) is 0. The Labute approximate surface area is 173 Å². The third kappa shape index (κ3) is 4.88. The van der Waals surface area contributed by atoms with E-state index in [-0.39, 0.29) is 11.6 Å². The van der Waals surface area contributed by atoms with Crippen molar-refractivity contribution in [3.8, 4) is 17.3 Å². The van der Waals surface area contributed by atoms with E-state index in [1.165, 1.54) is 10.7 Å². The molecule has 13 heteroatoms. The lowest BCUT2D eigenvalue weighted by molar-refractivity contribution is -0.190. The molecule has 164 valence electrons. The number of fused-ring (bicyclic) bond motifs is 1. The first kappa shape index (κ1) is 20.9. The fourth-order valence-corrected chi connectivity index (χ4v) is 3.15. The maximum Gasteiger partial charge on any atom is 0.491 e. The van der Waals surface area contributed by atoms with Crippen LogP contribution in [0.15, 0.2) is 30.6 Å². The molecule has 2 atom stereocenters. The molecule has 1 aliphatic heterocycles. The van der Waals surface area contributed by atoms with E-state index >= 15 is 0 Å². The predicted molar refractivity (Wildman–Crippen MR) is 101 cm³/mol. The van der Waals surface area contributed by atoms with Crippen molar-refractivity contribution < 1.29 is 27.8 Å². The molecule has 0 spiro atoms. The normalized spacial score (nSPS) is 19.4. The largest absolute Gasteiger partial charge is 0.491 e. The van der Waals surface area contributed by atoms with Crippen LogP contribution in [0.5, 0.6) is 5.88 Å². The predicted octanol–water partition coefficient (Wildman–Crippen LogP) is 1.04. The molecule has 3 aromatic rings. The van der Waals surface area contributed by atoms with E-state index in [0.29, 0.717) is 30.4 Å². The highest BCUT2D eigenvalue weighted by molar-refractivity contribution is 5.78. The molecule has 0 aliphatic carbocycles. The SMILES string of the molecule is O=C(Oc1cc2nc(-c3ccnc(NCC4CCNCC4O)n3)ccn2n1)C(F)(F)F. The van der Waals surface area contributed by atoms with Crippen molar-refractivity contribution in [1.29, 1.82) is 0 Å². The number of hydrogen-bond acceptors (Lipinski definition) is 9. The van der Waals surface area contributed by atoms with Crippen molar-refractivity contribution >= 4 is 17.6 Å². The summed E-state index contributed by atoms with van der Waals surface area (Å²) in [6.45, 7) is 1.89. The summed E-state index contributed by atoms with van der Waals surface area (Å²) < 4.78 is 42.5. The molecule has 0 aromatic carbocycles. The molecule has 31 heavy (non-hydrogen) atoms. The molecule has 1 saturated heterocycles. The number of piperidine rings is 1. The van der Waals surface area contributed by atoms with Crippen molar-refractivity contribution in [2.75, 3.05) is 25.0 Å². The zero-order valence-electron chi connectivity index (χ0n) is 16.0. The van der Waals surface area contributed by atoms with Crippen LogP contribution in [-0.2, 0) is 4.79 Å². The second-order valence-electron chi connectivity index (χ2n) is 6.95. The van der Waals surface area contributed by atoms with Gasteiger partial charge in [-0.25, -0.2) is 24.3 Å². The number of rotatable bonds is 5. The highest BCUT2D eigenvalue weighted by atomic mass is 19.4. The molecule has 3 N–H and O–H groups in total. The number of hydrogen-bond donors (Lipinski definition) is 3. The highest BCUT2D eigenvalue weighted by Crippen LogP contribution is 2.22. The lowest BCUT2D eigenvalue weighted by Gasteiger charge is -2.28. The van der Waals surface area contributed by atoms with Gasteiger partial charge in [0, 0.05) is 37.5 Å². The minimum atomic E-state index is -5.12. The lowest BCUT2D eigenvalue weighted by Crippen LogP contribution is -2.43. The molecule has 0 saturated carbocycles. The number of β-amino-alcohol motifs (C(OH)–C–C–N with tert-alkyl or cyclic N) is 1. The van der Waals surface area contributed by atoms with Crippen molar-refractivity contribution in [1.82, 2.24) is 29.9 Å². The van der Waals surface area contributed by atoms with Gasteiger partial charge in [-0.05, 0) is 25.1 Å². The molecule has 1 aliphatic rings. The second-order valence-corrected chi connectivity index (χ2v) is 6.95. The third-order valence-electron chi connectivity index (χ3n) is 4.76. The van der Waals surface area contributed by atoms with Gasteiger partial charge < -0.3 is 20.5 Å². The fourth-order valence-electron chi connectivity index (χ4n) is 3.15. The Kier molecular flexibility index (Phi) is 5.69. The van der Waals surface area contributed by atoms with Gasteiger partial charge >= 0.3 is 12.1 Å². The van der Waals surface area contributed by atoms with Gasteiger partial charge in [0.1, 0.15) is 0 Å². The Balaban J connectivity index is 1.49. The summed E-state index contributed by atoms with van der Waals surface area (Å²) in [4.78, 5) is 23.8. The van der Waals surface area contributed by atoms with Gasteiger partial charge in [-0.15, -0.1) is 5.10 Å². The standard InChI is InChI=1S/C18H18F3N7O3/c19-18(20,21)16(30)31-15-7-14-25-12(3-6-28(14)27-15)11-2-5-23-17(26-11)24-8-10-1-4-22-9-13(10)29/h2-3,5-7,10,13,22,29H,1,4,8-9H2,(H,23,24,26). The first-order chi connectivity index (χ1) is 14.8. The molecular formula is C18H18F3N7O3. The molecule has 4 rings (SSSR count). The molecule has 0 bridgehead atoms. The Morgan fingerprint density at radius 2 is 2.13 bits per heavy atom. The quantitative estimate of drug-likeness (QED) is 0.502. The number of aliphatic hydroxyl groups excluding tert-OH is 1. The zero-order chi connectivity index (χ0) is 22.0. The maximum absolute atomic E-state index is 12.4. The van der Waals surface area contributed by atoms with Crippen LogP contribution in [0.25, 0.3) is 17.0 Å². The number of aliphatic hydroxyl groups is 1. The Bertz CT molecular complexity index is 1090. The first-order valence-corrected chi connectivity index (χ1v) is 9.41. The highest BCUT2D eigenvalue weighted by Gasteiger charge is 2.41. The fraction of sp³-hybridized carbons (Fsp3) is 0.389. The molecule has 1 fully saturated rings. The minimum Gasteiger partial charge on any atom is -0.399 e. The lowest BCUT2D eigenvalue weighted by atomic mass is 9.95. The topological polar surface area (TPSA) is 127 Å². The van der Waals surface area contributed by atoms with Gasteiger partial charge in [0.25, 0.3) is 0 Å². The number of carbonyl (C=O) groups excluding carboxylic acids is 1. The molecular weight excluding hydrogens is 419 g/mol. The summed E-state index contributed by atoms with van der Waals surface area (Å²) in [6, 6.07) is 4.31. The van der Waals surface area contributed by atoms with Crippen LogP contribution in [0, 0.1) is 5.92 Å². The van der Waals surface area contributed by atoms with Gasteiger partial charge in [0.2, 0.25) is 11.8 Å². The van der Waals surface area contributed by atoms with Crippen LogP contribution in [0.3, 0.4) is 0 Å². The van der Waals surface area contributed by atoms with Crippen LogP contribution in [-0.4, -0.2) is 67.6 Å². The van der Waals surface area contributed by atoms with Gasteiger partial charge in [0.05, 0.1) is 17.5 Å². The van der Waals surface area contributed by atoms with Gasteiger partial charge in [0.15, 0.2) is 5.65 Å². The van der Waals surface area contributed by atoms with E-state index in [0.717, 1.165) is 19.0 Å². The summed E-state index contributed by atoms with van der Waals surface area (Å²) in [5, 5.41) is 20.0. The number of nitrogens with one attached hydrogen (secondary N) is 2. The molecule has 0 radical (unpaired) electrons. The van der Waals surface area contributed by atoms with Gasteiger partial charge in [-0.2, -0.15) is 13.2 Å². The van der Waals surface area contributed by atoms with Crippen LogP contribution >= 0.6 is 0 Å². The van der Waals surface area contributed by atoms with Crippen molar-refractivity contribution in [2.24, 2.45) is 5.92 Å². The Morgan fingerprint density at radius 1 is 1.32 bits per heavy atom. The first-order valence-electron chi connectivity index (χ1n) is 9.41. The van der Waals surface area contributed by atoms with E-state index in [9.17, 15) is 23.1 Å². The maximum atomic E-state index is 12.4. The third-order valence-corrected chi connectivity index (χ3v) is 4.76. The van der Waals surface area contributed by atoms with E-state index in [2.05, 4.69) is 35.4 Å². The Hall–Kier alpha value is -3.32. The Morgan fingerprint density at radius 3 is 2.90 bits per heavy atom. The molecule has 0 amide bonds. The van der Waals surface area contributed by atoms with Crippen molar-refractivity contribution in [3.63, 3.8) is 0 Å². The smallest absolute Gasteiger partial charge is 0.399 e. The molecule has 4 heterocycles. The van der Waals surface area contributed by atoms with Gasteiger partial charge in [-0.3, -0.25) is 0 Å². The van der Waals surface area contributed by atoms with E-state index < -0.39 is 24.1 Å². The van der Waals surface area contributed by atoms with Crippen molar-refractivity contribution in [3.05, 3.63) is 30.6 Å². The van der Waals surface area contributed by atoms with Crippen LogP contribution < -0.4 is 15.4 Å². The molecule has 3 aromatic heterocycles. The monoisotopic (exact) mass is 437 g/mol. The van der Waals surface area contributed by atoms with E-state index in [4.69, 9.17) is 0 Å². The van der Waals surface area contributed by atoms with Crippen molar-refractivity contribution in [2.45, 2.75) is 18.7 Å². The summed E-state index contributed by atoms with van der Waals surface area (Å²) in [5.74, 6) is -2.44. The molecule has 2 unspecified atom stereocenters. The summed E-state index contributed by atoms with van der Waals surface area (Å²) in [5.41, 5.74) is 1.07. The number of alkyl halides is 3. The van der Waals surface area contributed by atoms with E-state index in [1.54, 1.807) is 18.3 Å². The van der Waals surface area contributed by atoms with Gasteiger partial charge in [-0.1, -0.05) is 0 Å². The zero-order valence-corrected chi connectivity index (χ0v) is 16.0. The van der Waals surface area contributed by atoms with Crippen LogP contribution in [0.2, 0.25) is 0 Å². The number of carbonyl (C=O) groups is 1. The summed E-state index contributed by atoms with van der Waals surface area (Å²) in [6.07, 6.45) is -1.74. The number of esters is 1. The average molecular weight is 437 g/mol. The van der Waals surface area contributed by atoms with Crippen LogP contribution in [0.4, 0.5) is 19.1 Å². The minimum absolute atomic E-state index is 0.0765. The number of ether oxygens (including phenoxy) is 1. The molecule has 10 nitrogen and oxygen atoms in total.